The van der Waals surface area contributed by atoms with Crippen molar-refractivity contribution in [2.45, 2.75) is 91.0 Å². The first kappa shape index (κ1) is 23.3. The number of aliphatic hydroxyl groups excluding tert-OH is 1. The SMILES string of the molecule is COC(=O)[C@@]12CC[C@@H](O)[C@H]3[C@@H](CO[Si](C)(C)C(C)(C)C)C[C@H](C)[C@@H](CC[C@@H]1C)[C@@H]32. The standard InChI is InChI=1S/C24H44O4Si/c1-15-13-17(14-28-29(7,8)23(3,4)5)20-19(25)11-12-24(22(26)27-6)16(2)9-10-18(15)21(20)24/h15-21,25H,9-14H2,1-8H3/t15-,16-,17+,18+,19+,20+,21-,24-/m0/s1. The molecule has 0 saturated heterocycles. The second kappa shape index (κ2) is 7.94. The molecule has 168 valence electrons. The smallest absolute Gasteiger partial charge is 0.312 e. The van der Waals surface area contributed by atoms with Crippen molar-refractivity contribution in [3.63, 3.8) is 0 Å². The third-order valence-corrected chi connectivity index (χ3v) is 14.1. The van der Waals surface area contributed by atoms with Crippen LogP contribution in [0.25, 0.3) is 0 Å². The lowest BCUT2D eigenvalue weighted by Crippen LogP contribution is -2.63. The van der Waals surface area contributed by atoms with Gasteiger partial charge in [0.05, 0.1) is 18.6 Å². The number of methoxy groups -OCH3 is 1. The fraction of sp³-hybridized carbons (Fsp3) is 0.958. The molecule has 1 N–H and O–H groups in total. The molecule has 3 fully saturated rings. The van der Waals surface area contributed by atoms with E-state index in [1.165, 1.54) is 13.5 Å². The highest BCUT2D eigenvalue weighted by Crippen LogP contribution is 2.64. The molecule has 3 rings (SSSR count). The largest absolute Gasteiger partial charge is 0.469 e. The second-order valence-corrected chi connectivity index (χ2v) is 16.7. The number of carbonyl (C=O) groups is 1. The molecule has 29 heavy (non-hydrogen) atoms. The van der Waals surface area contributed by atoms with Gasteiger partial charge in [0.2, 0.25) is 0 Å². The Kier molecular flexibility index (Phi) is 6.37. The highest BCUT2D eigenvalue weighted by Gasteiger charge is 2.64. The van der Waals surface area contributed by atoms with Crippen LogP contribution < -0.4 is 0 Å². The maximum atomic E-state index is 13.2. The van der Waals surface area contributed by atoms with Crippen LogP contribution in [0.2, 0.25) is 18.1 Å². The Balaban J connectivity index is 1.94. The average molecular weight is 425 g/mol. The first-order valence-electron chi connectivity index (χ1n) is 11.8. The summed E-state index contributed by atoms with van der Waals surface area (Å²) in [5.74, 6) is 2.05. The highest BCUT2D eigenvalue weighted by atomic mass is 28.4. The van der Waals surface area contributed by atoms with Gasteiger partial charge in [0, 0.05) is 6.61 Å². The van der Waals surface area contributed by atoms with E-state index in [1.807, 2.05) is 0 Å². The lowest BCUT2D eigenvalue weighted by molar-refractivity contribution is -0.204. The summed E-state index contributed by atoms with van der Waals surface area (Å²) in [7, 11) is -0.312. The molecular formula is C24H44O4Si. The van der Waals surface area contributed by atoms with E-state index in [4.69, 9.17) is 9.16 Å². The van der Waals surface area contributed by atoms with E-state index in [0.717, 1.165) is 25.9 Å². The van der Waals surface area contributed by atoms with Crippen LogP contribution in [0.15, 0.2) is 0 Å². The molecule has 5 heteroatoms. The van der Waals surface area contributed by atoms with E-state index in [1.54, 1.807) is 0 Å². The Labute approximate surface area is 179 Å². The molecule has 4 nitrogen and oxygen atoms in total. The number of aliphatic hydroxyl groups is 1. The highest BCUT2D eigenvalue weighted by molar-refractivity contribution is 6.74. The Morgan fingerprint density at radius 2 is 1.83 bits per heavy atom. The number of hydrogen-bond donors (Lipinski definition) is 1. The van der Waals surface area contributed by atoms with Crippen molar-refractivity contribution in [1.29, 1.82) is 0 Å². The minimum atomic E-state index is -1.85. The Hall–Kier alpha value is -0.393. The molecule has 0 aromatic heterocycles. The summed E-state index contributed by atoms with van der Waals surface area (Å²) >= 11 is 0. The van der Waals surface area contributed by atoms with Gasteiger partial charge in [0.25, 0.3) is 0 Å². The monoisotopic (exact) mass is 424 g/mol. The molecule has 0 unspecified atom stereocenters. The molecule has 8 atom stereocenters. The molecule has 0 radical (unpaired) electrons. The normalized spacial score (nSPS) is 42.9. The third kappa shape index (κ3) is 3.74. The summed E-state index contributed by atoms with van der Waals surface area (Å²) in [4.78, 5) is 13.2. The van der Waals surface area contributed by atoms with E-state index in [2.05, 4.69) is 47.7 Å². The Morgan fingerprint density at radius 3 is 2.41 bits per heavy atom. The number of carbonyl (C=O) groups excluding carboxylic acids is 1. The molecule has 3 aliphatic rings. The van der Waals surface area contributed by atoms with Crippen molar-refractivity contribution in [3.8, 4) is 0 Å². The summed E-state index contributed by atoms with van der Waals surface area (Å²) in [6.07, 6.45) is 4.51. The minimum absolute atomic E-state index is 0.0326. The van der Waals surface area contributed by atoms with E-state index >= 15 is 0 Å². The van der Waals surface area contributed by atoms with Crippen molar-refractivity contribution in [2.24, 2.45) is 40.9 Å². The van der Waals surface area contributed by atoms with Gasteiger partial charge in [-0.1, -0.05) is 34.6 Å². The summed E-state index contributed by atoms with van der Waals surface area (Å²) in [5, 5.41) is 11.3. The van der Waals surface area contributed by atoms with Gasteiger partial charge in [-0.25, -0.2) is 0 Å². The third-order valence-electron chi connectivity index (χ3n) is 9.56. The van der Waals surface area contributed by atoms with Crippen molar-refractivity contribution >= 4 is 14.3 Å². The number of hydrogen-bond acceptors (Lipinski definition) is 4. The summed E-state index contributed by atoms with van der Waals surface area (Å²) in [6.45, 7) is 16.8. The van der Waals surface area contributed by atoms with Crippen LogP contribution in [0.4, 0.5) is 0 Å². The van der Waals surface area contributed by atoms with Gasteiger partial charge in [-0.05, 0) is 85.7 Å². The molecule has 0 aromatic carbocycles. The molecule has 0 amide bonds. The van der Waals surface area contributed by atoms with E-state index < -0.39 is 13.7 Å². The summed E-state index contributed by atoms with van der Waals surface area (Å²) in [6, 6.07) is 0. The molecule has 0 aliphatic heterocycles. The van der Waals surface area contributed by atoms with Gasteiger partial charge in [0.15, 0.2) is 8.32 Å². The first-order valence-corrected chi connectivity index (χ1v) is 14.7. The van der Waals surface area contributed by atoms with Crippen molar-refractivity contribution in [2.75, 3.05) is 13.7 Å². The quantitative estimate of drug-likeness (QED) is 0.494. The van der Waals surface area contributed by atoms with Gasteiger partial charge in [-0.15, -0.1) is 0 Å². The predicted molar refractivity (Wildman–Crippen MR) is 119 cm³/mol. The first-order chi connectivity index (χ1) is 13.4. The maximum Gasteiger partial charge on any atom is 0.312 e. The molecule has 3 saturated carbocycles. The zero-order valence-corrected chi connectivity index (χ0v) is 21.0. The van der Waals surface area contributed by atoms with Crippen LogP contribution in [0.1, 0.15) is 66.7 Å². The number of ether oxygens (including phenoxy) is 1. The minimum Gasteiger partial charge on any atom is -0.469 e. The van der Waals surface area contributed by atoms with Crippen molar-refractivity contribution in [1.82, 2.24) is 0 Å². The molecule has 0 heterocycles. The second-order valence-electron chi connectivity index (χ2n) is 11.9. The zero-order valence-electron chi connectivity index (χ0n) is 20.0. The maximum absolute atomic E-state index is 13.2. The summed E-state index contributed by atoms with van der Waals surface area (Å²) < 4.78 is 12.1. The molecule has 3 aliphatic carbocycles. The molecular weight excluding hydrogens is 380 g/mol. The van der Waals surface area contributed by atoms with Crippen LogP contribution in [-0.4, -0.2) is 39.2 Å². The summed E-state index contributed by atoms with van der Waals surface area (Å²) in [5.41, 5.74) is -0.425. The zero-order chi connectivity index (χ0) is 21.8. The topological polar surface area (TPSA) is 55.8 Å². The number of rotatable bonds is 4. The fourth-order valence-electron chi connectivity index (χ4n) is 6.85. The fourth-order valence-corrected chi connectivity index (χ4v) is 7.91. The van der Waals surface area contributed by atoms with E-state index in [0.29, 0.717) is 30.1 Å². The Bertz CT molecular complexity index is 612. The van der Waals surface area contributed by atoms with Gasteiger partial charge < -0.3 is 14.3 Å². The van der Waals surface area contributed by atoms with Crippen LogP contribution in [0.3, 0.4) is 0 Å². The van der Waals surface area contributed by atoms with Crippen molar-refractivity contribution < 1.29 is 19.1 Å². The Morgan fingerprint density at radius 1 is 1.17 bits per heavy atom. The molecule has 0 bridgehead atoms. The lowest BCUT2D eigenvalue weighted by Gasteiger charge is -2.62. The average Bonchev–Trinajstić information content (AvgIpc) is 2.64. The van der Waals surface area contributed by atoms with Crippen molar-refractivity contribution in [3.05, 3.63) is 0 Å². The van der Waals surface area contributed by atoms with Gasteiger partial charge in [-0.3, -0.25) is 4.79 Å². The van der Waals surface area contributed by atoms with Crippen LogP contribution in [0, 0.1) is 40.9 Å². The van der Waals surface area contributed by atoms with E-state index in [-0.39, 0.29) is 28.9 Å². The molecule has 0 aromatic rings. The predicted octanol–water partition coefficient (Wildman–Crippen LogP) is 5.26. The van der Waals surface area contributed by atoms with Crippen LogP contribution >= 0.6 is 0 Å². The number of esters is 1. The molecule has 0 spiro atoms. The van der Waals surface area contributed by atoms with Crippen LogP contribution in [0.5, 0.6) is 0 Å². The van der Waals surface area contributed by atoms with Gasteiger partial charge in [0.1, 0.15) is 0 Å². The van der Waals surface area contributed by atoms with E-state index in [9.17, 15) is 9.90 Å². The van der Waals surface area contributed by atoms with Gasteiger partial charge >= 0.3 is 5.97 Å². The van der Waals surface area contributed by atoms with Gasteiger partial charge in [-0.2, -0.15) is 0 Å². The lowest BCUT2D eigenvalue weighted by atomic mass is 9.42. The van der Waals surface area contributed by atoms with Crippen LogP contribution in [-0.2, 0) is 14.0 Å².